The van der Waals surface area contributed by atoms with Crippen molar-refractivity contribution in [2.75, 3.05) is 13.6 Å². The first kappa shape index (κ1) is 8.33. The quantitative estimate of drug-likeness (QED) is 0.352. The van der Waals surface area contributed by atoms with Crippen LogP contribution in [0.4, 0.5) is 4.79 Å². The number of hydrazine groups is 1. The topological polar surface area (TPSA) is 58.4 Å². The summed E-state index contributed by atoms with van der Waals surface area (Å²) in [4.78, 5) is 12.4. The second kappa shape index (κ2) is 3.57. The third kappa shape index (κ3) is 2.76. The summed E-state index contributed by atoms with van der Waals surface area (Å²) >= 11 is 0. The summed E-state index contributed by atoms with van der Waals surface area (Å²) in [5.74, 6) is 5.82. The minimum Gasteiger partial charge on any atom is -0.327 e. The number of rotatable bonds is 3. The molecule has 0 aromatic carbocycles. The van der Waals surface area contributed by atoms with Crippen molar-refractivity contribution < 1.29 is 4.79 Å². The van der Waals surface area contributed by atoms with Gasteiger partial charge in [0.2, 0.25) is 0 Å². The monoisotopic (exact) mass is 157 g/mol. The lowest BCUT2D eigenvalue weighted by Crippen LogP contribution is -2.41. The summed E-state index contributed by atoms with van der Waals surface area (Å²) in [5.41, 5.74) is 2.10. The fourth-order valence-corrected chi connectivity index (χ4v) is 0.994. The van der Waals surface area contributed by atoms with Gasteiger partial charge >= 0.3 is 6.03 Å². The Morgan fingerprint density at radius 2 is 2.36 bits per heavy atom. The Bertz CT molecular complexity index is 145. The molecule has 64 valence electrons. The van der Waals surface area contributed by atoms with Gasteiger partial charge in [0.05, 0.1) is 0 Å². The summed E-state index contributed by atoms with van der Waals surface area (Å²) in [6.07, 6.45) is 3.78. The number of carbonyl (C=O) groups is 1. The van der Waals surface area contributed by atoms with Gasteiger partial charge in [-0.1, -0.05) is 12.8 Å². The number of nitrogens with zero attached hydrogens (tertiary/aromatic N) is 1. The van der Waals surface area contributed by atoms with Crippen LogP contribution in [0.5, 0.6) is 0 Å². The first-order chi connectivity index (χ1) is 5.24. The Kier molecular flexibility index (Phi) is 2.70. The number of hydrogen-bond donors (Lipinski definition) is 2. The number of nitrogens with one attached hydrogen (secondary N) is 1. The number of urea groups is 1. The zero-order valence-electron chi connectivity index (χ0n) is 6.84. The first-order valence-electron chi connectivity index (χ1n) is 3.95. The van der Waals surface area contributed by atoms with Gasteiger partial charge in [-0.25, -0.2) is 10.6 Å². The van der Waals surface area contributed by atoms with Crippen molar-refractivity contribution >= 4 is 6.03 Å². The van der Waals surface area contributed by atoms with E-state index in [0.29, 0.717) is 0 Å². The van der Waals surface area contributed by atoms with E-state index in [1.807, 2.05) is 0 Å². The van der Waals surface area contributed by atoms with Crippen molar-refractivity contribution in [1.82, 2.24) is 10.3 Å². The lowest BCUT2D eigenvalue weighted by atomic mass is 10.3. The van der Waals surface area contributed by atoms with Crippen molar-refractivity contribution in [2.24, 2.45) is 11.8 Å². The zero-order chi connectivity index (χ0) is 8.27. The molecule has 4 heteroatoms. The van der Waals surface area contributed by atoms with Crippen molar-refractivity contribution in [3.8, 4) is 0 Å². The molecule has 0 atom stereocenters. The van der Waals surface area contributed by atoms with Gasteiger partial charge in [0, 0.05) is 13.6 Å². The molecule has 1 saturated carbocycles. The third-order valence-electron chi connectivity index (χ3n) is 2.04. The fraction of sp³-hybridized carbons (Fsp3) is 0.857. The Labute approximate surface area is 66.7 Å². The molecule has 0 aromatic heterocycles. The lowest BCUT2D eigenvalue weighted by molar-refractivity contribution is 0.208. The molecule has 0 aliphatic heterocycles. The molecule has 0 spiro atoms. The summed E-state index contributed by atoms with van der Waals surface area (Å²) in [5, 5.41) is 0. The van der Waals surface area contributed by atoms with E-state index >= 15 is 0 Å². The van der Waals surface area contributed by atoms with Gasteiger partial charge in [-0.3, -0.25) is 5.43 Å². The van der Waals surface area contributed by atoms with Gasteiger partial charge < -0.3 is 4.90 Å². The summed E-state index contributed by atoms with van der Waals surface area (Å²) in [6, 6.07) is -0.203. The smallest absolute Gasteiger partial charge is 0.327 e. The largest absolute Gasteiger partial charge is 0.331 e. The van der Waals surface area contributed by atoms with Crippen molar-refractivity contribution in [3.63, 3.8) is 0 Å². The molecular weight excluding hydrogens is 142 g/mol. The summed E-state index contributed by atoms with van der Waals surface area (Å²) in [6.45, 7) is 0.813. The molecule has 4 nitrogen and oxygen atoms in total. The van der Waals surface area contributed by atoms with Gasteiger partial charge in [-0.2, -0.15) is 0 Å². The van der Waals surface area contributed by atoms with Crippen molar-refractivity contribution in [3.05, 3.63) is 0 Å². The molecule has 0 bridgehead atoms. The third-order valence-corrected chi connectivity index (χ3v) is 2.04. The molecule has 0 saturated heterocycles. The molecular formula is C7H15N3O. The lowest BCUT2D eigenvalue weighted by Gasteiger charge is -2.15. The molecule has 0 heterocycles. The molecule has 1 fully saturated rings. The summed E-state index contributed by atoms with van der Waals surface area (Å²) < 4.78 is 0. The van der Waals surface area contributed by atoms with Crippen LogP contribution < -0.4 is 11.3 Å². The van der Waals surface area contributed by atoms with Gasteiger partial charge in [0.1, 0.15) is 0 Å². The maximum atomic E-state index is 10.8. The molecule has 1 rings (SSSR count). The van der Waals surface area contributed by atoms with Gasteiger partial charge in [0.15, 0.2) is 0 Å². The van der Waals surface area contributed by atoms with Gasteiger partial charge in [0.25, 0.3) is 0 Å². The van der Waals surface area contributed by atoms with E-state index in [9.17, 15) is 4.79 Å². The highest BCUT2D eigenvalue weighted by Crippen LogP contribution is 2.32. The highest BCUT2D eigenvalue weighted by Gasteiger charge is 2.21. The van der Waals surface area contributed by atoms with Crippen LogP contribution in [0, 0.1) is 5.92 Å². The molecule has 11 heavy (non-hydrogen) atoms. The Morgan fingerprint density at radius 3 is 2.82 bits per heavy atom. The van der Waals surface area contributed by atoms with Crippen LogP contribution in [0.2, 0.25) is 0 Å². The molecule has 3 N–H and O–H groups in total. The first-order valence-corrected chi connectivity index (χ1v) is 3.95. The number of nitrogens with two attached hydrogens (primary N) is 1. The van der Waals surface area contributed by atoms with Crippen LogP contribution in [-0.4, -0.2) is 24.5 Å². The van der Waals surface area contributed by atoms with E-state index in [1.165, 1.54) is 12.8 Å². The minimum atomic E-state index is -0.203. The van der Waals surface area contributed by atoms with Crippen LogP contribution >= 0.6 is 0 Å². The molecule has 1 aliphatic rings. The molecule has 1 aliphatic carbocycles. The van der Waals surface area contributed by atoms with E-state index in [-0.39, 0.29) is 6.03 Å². The molecule has 0 aromatic rings. The van der Waals surface area contributed by atoms with Gasteiger partial charge in [-0.05, 0) is 12.3 Å². The average molecular weight is 157 g/mol. The maximum absolute atomic E-state index is 10.8. The van der Waals surface area contributed by atoms with Crippen molar-refractivity contribution in [2.45, 2.75) is 19.3 Å². The number of amides is 2. The maximum Gasteiger partial charge on any atom is 0.331 e. The van der Waals surface area contributed by atoms with Crippen LogP contribution in [0.3, 0.4) is 0 Å². The zero-order valence-corrected chi connectivity index (χ0v) is 6.84. The minimum absolute atomic E-state index is 0.203. The average Bonchev–Trinajstić information content (AvgIpc) is 2.81. The standard InChI is InChI=1S/C7H15N3O/c1-10(7(11)9-8)5-4-6-2-3-6/h6H,2-5,8H2,1H3,(H,9,11). The molecule has 0 radical (unpaired) electrons. The fourth-order valence-electron chi connectivity index (χ4n) is 0.994. The second-order valence-corrected chi connectivity index (χ2v) is 3.10. The highest BCUT2D eigenvalue weighted by molar-refractivity contribution is 5.72. The van der Waals surface area contributed by atoms with Crippen LogP contribution in [-0.2, 0) is 0 Å². The predicted octanol–water partition coefficient (Wildman–Crippen LogP) is 0.302. The highest BCUT2D eigenvalue weighted by atomic mass is 16.2. The second-order valence-electron chi connectivity index (χ2n) is 3.10. The van der Waals surface area contributed by atoms with Crippen molar-refractivity contribution in [1.29, 1.82) is 0 Å². The SMILES string of the molecule is CN(CCC1CC1)C(=O)NN. The van der Waals surface area contributed by atoms with E-state index in [4.69, 9.17) is 5.84 Å². The molecule has 0 unspecified atom stereocenters. The normalized spacial score (nSPS) is 16.2. The number of carbonyl (C=O) groups excluding carboxylic acids is 1. The van der Waals surface area contributed by atoms with E-state index in [0.717, 1.165) is 18.9 Å². The molecule has 2 amide bonds. The Balaban J connectivity index is 2.08. The van der Waals surface area contributed by atoms with E-state index in [2.05, 4.69) is 5.43 Å². The number of hydrogen-bond acceptors (Lipinski definition) is 2. The summed E-state index contributed by atoms with van der Waals surface area (Å²) in [7, 11) is 1.75. The van der Waals surface area contributed by atoms with Crippen LogP contribution in [0.1, 0.15) is 19.3 Å². The Hall–Kier alpha value is -0.770. The van der Waals surface area contributed by atoms with Crippen LogP contribution in [0.25, 0.3) is 0 Å². The Morgan fingerprint density at radius 1 is 1.73 bits per heavy atom. The van der Waals surface area contributed by atoms with Crippen LogP contribution in [0.15, 0.2) is 0 Å². The van der Waals surface area contributed by atoms with Gasteiger partial charge in [-0.15, -0.1) is 0 Å². The van der Waals surface area contributed by atoms with E-state index < -0.39 is 0 Å². The van der Waals surface area contributed by atoms with E-state index in [1.54, 1.807) is 11.9 Å². The predicted molar refractivity (Wildman–Crippen MR) is 42.7 cm³/mol.